The number of anilines is 3. The molecule has 0 saturated heterocycles. The van der Waals surface area contributed by atoms with Crippen LogP contribution in [0, 0.1) is 18.8 Å². The average molecular weight is 348 g/mol. The fourth-order valence-corrected chi connectivity index (χ4v) is 3.09. The summed E-state index contributed by atoms with van der Waals surface area (Å²) in [5, 5.41) is 4.47. The van der Waals surface area contributed by atoms with Gasteiger partial charge in [0.2, 0.25) is 5.91 Å². The quantitative estimate of drug-likeness (QED) is 0.669. The van der Waals surface area contributed by atoms with E-state index in [0.29, 0.717) is 28.9 Å². The number of nitrogens with one attached hydrogen (secondary N) is 1. The van der Waals surface area contributed by atoms with Crippen LogP contribution in [-0.2, 0) is 4.79 Å². The zero-order chi connectivity index (χ0) is 18.4. The van der Waals surface area contributed by atoms with Crippen LogP contribution >= 0.6 is 0 Å². The predicted molar refractivity (Wildman–Crippen MR) is 102 cm³/mol. The molecule has 7 heteroatoms. The number of carbonyl (C=O) groups excluding carboxylic acids is 1. The fraction of sp³-hybridized carbons (Fsp3) is 0.263. The van der Waals surface area contributed by atoms with Crippen molar-refractivity contribution in [3.05, 3.63) is 36.3 Å². The first kappa shape index (κ1) is 16.3. The van der Waals surface area contributed by atoms with E-state index in [2.05, 4.69) is 27.2 Å². The smallest absolute Gasteiger partial charge is 0.228 e. The van der Waals surface area contributed by atoms with Crippen LogP contribution in [0.2, 0.25) is 0 Å². The highest BCUT2D eigenvalue weighted by Crippen LogP contribution is 2.38. The highest BCUT2D eigenvalue weighted by atomic mass is 16.2. The van der Waals surface area contributed by atoms with E-state index in [1.54, 1.807) is 18.6 Å². The van der Waals surface area contributed by atoms with E-state index in [9.17, 15) is 4.79 Å². The van der Waals surface area contributed by atoms with E-state index in [-0.39, 0.29) is 11.8 Å². The van der Waals surface area contributed by atoms with Gasteiger partial charge in [-0.1, -0.05) is 6.92 Å². The molecule has 0 spiro atoms. The minimum Gasteiger partial charge on any atom is -0.397 e. The minimum atomic E-state index is 0.0162. The van der Waals surface area contributed by atoms with Crippen LogP contribution < -0.4 is 16.8 Å². The van der Waals surface area contributed by atoms with Crippen molar-refractivity contribution in [3.63, 3.8) is 0 Å². The fourth-order valence-electron chi connectivity index (χ4n) is 3.09. The molecule has 0 radical (unpaired) electrons. The topological polar surface area (TPSA) is 120 Å². The molecular weight excluding hydrogens is 328 g/mol. The summed E-state index contributed by atoms with van der Waals surface area (Å²) >= 11 is 0. The van der Waals surface area contributed by atoms with Gasteiger partial charge >= 0.3 is 0 Å². The molecule has 1 fully saturated rings. The first-order valence-electron chi connectivity index (χ1n) is 8.51. The van der Waals surface area contributed by atoms with Crippen molar-refractivity contribution in [2.45, 2.75) is 20.3 Å². The molecule has 3 aromatic heterocycles. The summed E-state index contributed by atoms with van der Waals surface area (Å²) in [5.41, 5.74) is 15.1. The van der Waals surface area contributed by atoms with Crippen LogP contribution in [0.1, 0.15) is 18.9 Å². The van der Waals surface area contributed by atoms with Crippen molar-refractivity contribution in [2.24, 2.45) is 11.8 Å². The number of hydrogen-bond acceptors (Lipinski definition) is 6. The Labute approximate surface area is 150 Å². The van der Waals surface area contributed by atoms with Crippen LogP contribution in [0.25, 0.3) is 22.0 Å². The lowest BCUT2D eigenvalue weighted by atomic mass is 10.0. The molecule has 5 N–H and O–H groups in total. The standard InChI is InChI=1S/C19H20N6O/c1-9-3-12(9)19(26)25-17-5-11-4-16(24-18(21)14(11)7-23-17)13-6-22-8-15(20)10(13)2/h4-9,12H,3,20H2,1-2H3,(H2,21,24)(H,23,25,26)/t9-,12-/m0/s1. The zero-order valence-corrected chi connectivity index (χ0v) is 14.7. The lowest BCUT2D eigenvalue weighted by Gasteiger charge is -2.11. The maximum atomic E-state index is 12.1. The van der Waals surface area contributed by atoms with Crippen molar-refractivity contribution in [1.29, 1.82) is 0 Å². The monoisotopic (exact) mass is 348 g/mol. The number of carbonyl (C=O) groups is 1. The van der Waals surface area contributed by atoms with Gasteiger partial charge in [0.25, 0.3) is 0 Å². The lowest BCUT2D eigenvalue weighted by Crippen LogP contribution is -2.15. The molecule has 26 heavy (non-hydrogen) atoms. The average Bonchev–Trinajstić information content (AvgIpc) is 3.34. The minimum absolute atomic E-state index is 0.0162. The molecule has 3 heterocycles. The van der Waals surface area contributed by atoms with Gasteiger partial charge in [-0.05, 0) is 42.3 Å². The Morgan fingerprint density at radius 1 is 1.23 bits per heavy atom. The van der Waals surface area contributed by atoms with E-state index >= 15 is 0 Å². The van der Waals surface area contributed by atoms with Gasteiger partial charge in [-0.15, -0.1) is 0 Å². The normalized spacial score (nSPS) is 18.7. The Kier molecular flexibility index (Phi) is 3.72. The van der Waals surface area contributed by atoms with E-state index < -0.39 is 0 Å². The second-order valence-electron chi connectivity index (χ2n) is 6.89. The Morgan fingerprint density at radius 2 is 2.00 bits per heavy atom. The van der Waals surface area contributed by atoms with Crippen LogP contribution in [0.5, 0.6) is 0 Å². The SMILES string of the molecule is Cc1c(N)cncc1-c1cc2cc(NC(=O)[C@H]3C[C@@H]3C)ncc2c(N)n1. The van der Waals surface area contributed by atoms with Crippen LogP contribution in [-0.4, -0.2) is 20.9 Å². The Morgan fingerprint density at radius 3 is 2.73 bits per heavy atom. The third-order valence-corrected chi connectivity index (χ3v) is 4.97. The van der Waals surface area contributed by atoms with Gasteiger partial charge in [0.1, 0.15) is 11.6 Å². The molecule has 3 aromatic rings. The van der Waals surface area contributed by atoms with Gasteiger partial charge in [0.05, 0.1) is 17.6 Å². The number of fused-ring (bicyclic) bond motifs is 1. The van der Waals surface area contributed by atoms with Crippen molar-refractivity contribution in [2.75, 3.05) is 16.8 Å². The highest BCUT2D eigenvalue weighted by molar-refractivity contribution is 5.98. The van der Waals surface area contributed by atoms with Gasteiger partial charge < -0.3 is 16.8 Å². The molecule has 2 atom stereocenters. The second-order valence-corrected chi connectivity index (χ2v) is 6.89. The van der Waals surface area contributed by atoms with Gasteiger partial charge in [-0.2, -0.15) is 0 Å². The maximum absolute atomic E-state index is 12.1. The van der Waals surface area contributed by atoms with Gasteiger partial charge in [0.15, 0.2) is 0 Å². The molecule has 1 aliphatic rings. The molecule has 4 rings (SSSR count). The number of nitrogens with zero attached hydrogens (tertiary/aromatic N) is 3. The van der Waals surface area contributed by atoms with E-state index in [1.165, 1.54) is 0 Å². The van der Waals surface area contributed by atoms with Gasteiger partial charge in [-0.25, -0.2) is 9.97 Å². The molecule has 0 aromatic carbocycles. The molecular formula is C19H20N6O. The van der Waals surface area contributed by atoms with Crippen molar-refractivity contribution >= 4 is 34.0 Å². The van der Waals surface area contributed by atoms with E-state index in [0.717, 1.165) is 28.3 Å². The van der Waals surface area contributed by atoms with Gasteiger partial charge in [0, 0.05) is 29.3 Å². The first-order chi connectivity index (χ1) is 12.4. The number of nitrogen functional groups attached to an aromatic ring is 2. The highest BCUT2D eigenvalue weighted by Gasteiger charge is 2.39. The number of hydrogen-bond donors (Lipinski definition) is 3. The largest absolute Gasteiger partial charge is 0.397 e. The number of pyridine rings is 3. The summed E-state index contributed by atoms with van der Waals surface area (Å²) in [6, 6.07) is 3.73. The molecule has 1 saturated carbocycles. The predicted octanol–water partition coefficient (Wildman–Crippen LogP) is 2.76. The number of rotatable bonds is 3. The van der Waals surface area contributed by atoms with Crippen LogP contribution in [0.4, 0.5) is 17.3 Å². The van der Waals surface area contributed by atoms with Crippen molar-refractivity contribution < 1.29 is 4.79 Å². The van der Waals surface area contributed by atoms with Crippen LogP contribution in [0.3, 0.4) is 0 Å². The third kappa shape index (κ3) is 2.81. The summed E-state index contributed by atoms with van der Waals surface area (Å²) in [4.78, 5) is 25.1. The molecule has 7 nitrogen and oxygen atoms in total. The van der Waals surface area contributed by atoms with Crippen molar-refractivity contribution in [3.8, 4) is 11.3 Å². The maximum Gasteiger partial charge on any atom is 0.228 e. The molecule has 132 valence electrons. The summed E-state index contributed by atoms with van der Waals surface area (Å²) in [6.45, 7) is 3.99. The first-order valence-corrected chi connectivity index (χ1v) is 8.51. The zero-order valence-electron chi connectivity index (χ0n) is 14.7. The second kappa shape index (κ2) is 5.94. The summed E-state index contributed by atoms with van der Waals surface area (Å²) < 4.78 is 0. The summed E-state index contributed by atoms with van der Waals surface area (Å²) in [7, 11) is 0. The number of amides is 1. The molecule has 1 amide bonds. The lowest BCUT2D eigenvalue weighted by molar-refractivity contribution is -0.117. The number of aromatic nitrogens is 3. The molecule has 0 bridgehead atoms. The Hall–Kier alpha value is -3.22. The van der Waals surface area contributed by atoms with E-state index in [1.807, 2.05) is 19.1 Å². The van der Waals surface area contributed by atoms with Crippen molar-refractivity contribution in [1.82, 2.24) is 15.0 Å². The molecule has 0 aliphatic heterocycles. The Balaban J connectivity index is 1.74. The van der Waals surface area contributed by atoms with Gasteiger partial charge in [-0.3, -0.25) is 9.78 Å². The van der Waals surface area contributed by atoms with Crippen LogP contribution in [0.15, 0.2) is 30.7 Å². The third-order valence-electron chi connectivity index (χ3n) is 4.97. The summed E-state index contributed by atoms with van der Waals surface area (Å²) in [6.07, 6.45) is 5.90. The Bertz CT molecular complexity index is 1030. The number of nitrogens with two attached hydrogens (primary N) is 2. The summed E-state index contributed by atoms with van der Waals surface area (Å²) in [5.74, 6) is 1.44. The van der Waals surface area contributed by atoms with E-state index in [4.69, 9.17) is 11.5 Å². The molecule has 1 aliphatic carbocycles. The molecule has 0 unspecified atom stereocenters.